The molecule has 2 N–H and O–H groups in total. The van der Waals surface area contributed by atoms with Gasteiger partial charge in [-0.1, -0.05) is 17.3 Å². The van der Waals surface area contributed by atoms with Crippen molar-refractivity contribution in [3.63, 3.8) is 0 Å². The van der Waals surface area contributed by atoms with Crippen molar-refractivity contribution in [2.45, 2.75) is 33.0 Å². The summed E-state index contributed by atoms with van der Waals surface area (Å²) in [6.45, 7) is 4.12. The van der Waals surface area contributed by atoms with Crippen LogP contribution in [0.4, 0.5) is 4.79 Å². The first-order chi connectivity index (χ1) is 13.5. The topological polar surface area (TPSA) is 107 Å². The molecule has 0 unspecified atom stereocenters. The second kappa shape index (κ2) is 8.90. The molecule has 0 saturated carbocycles. The summed E-state index contributed by atoms with van der Waals surface area (Å²) < 4.78 is 15.6. The number of carbonyl (C=O) groups excluding carboxylic acids is 2. The zero-order valence-electron chi connectivity index (χ0n) is 15.6. The monoisotopic (exact) mass is 383 g/mol. The Morgan fingerprint density at radius 3 is 2.61 bits per heavy atom. The highest BCUT2D eigenvalue weighted by atomic mass is 16.5. The van der Waals surface area contributed by atoms with Crippen LogP contribution in [0.5, 0.6) is 0 Å². The maximum Gasteiger partial charge on any atom is 0.338 e. The maximum absolute atomic E-state index is 12.2. The van der Waals surface area contributed by atoms with E-state index in [2.05, 4.69) is 15.8 Å². The van der Waals surface area contributed by atoms with Crippen LogP contribution in [0.2, 0.25) is 0 Å². The van der Waals surface area contributed by atoms with Gasteiger partial charge in [0.1, 0.15) is 12.3 Å². The highest BCUT2D eigenvalue weighted by Crippen LogP contribution is 2.21. The van der Waals surface area contributed by atoms with E-state index in [0.29, 0.717) is 29.3 Å². The second-order valence-electron chi connectivity index (χ2n) is 6.41. The first kappa shape index (κ1) is 19.2. The van der Waals surface area contributed by atoms with E-state index in [1.165, 1.54) is 6.26 Å². The molecular formula is C20H21N3O5. The Labute approximate surface area is 161 Å². The molecule has 2 amide bonds. The minimum absolute atomic E-state index is 0.0122. The number of esters is 1. The smallest absolute Gasteiger partial charge is 0.338 e. The predicted octanol–water partition coefficient (Wildman–Crippen LogP) is 3.50. The van der Waals surface area contributed by atoms with E-state index in [9.17, 15) is 9.59 Å². The lowest BCUT2D eigenvalue weighted by atomic mass is 10.1. The van der Waals surface area contributed by atoms with Crippen molar-refractivity contribution in [3.8, 4) is 11.5 Å². The van der Waals surface area contributed by atoms with Crippen molar-refractivity contribution < 1.29 is 23.3 Å². The lowest BCUT2D eigenvalue weighted by Gasteiger charge is -2.10. The molecule has 0 fully saturated rings. The molecule has 2 heterocycles. The molecule has 0 aliphatic heterocycles. The van der Waals surface area contributed by atoms with E-state index in [-0.39, 0.29) is 18.7 Å². The van der Waals surface area contributed by atoms with Crippen LogP contribution in [-0.2, 0) is 17.9 Å². The largest absolute Gasteiger partial charge is 0.461 e. The minimum Gasteiger partial charge on any atom is -0.461 e. The zero-order chi connectivity index (χ0) is 19.9. The van der Waals surface area contributed by atoms with E-state index in [0.717, 1.165) is 5.56 Å². The van der Waals surface area contributed by atoms with Gasteiger partial charge in [-0.25, -0.2) is 9.59 Å². The van der Waals surface area contributed by atoms with Crippen LogP contribution in [0.15, 0.2) is 57.7 Å². The summed E-state index contributed by atoms with van der Waals surface area (Å²) in [6.07, 6.45) is 1.54. The van der Waals surface area contributed by atoms with Crippen molar-refractivity contribution in [1.82, 2.24) is 15.8 Å². The molecule has 0 aliphatic carbocycles. The third-order valence-corrected chi connectivity index (χ3v) is 3.74. The van der Waals surface area contributed by atoms with Crippen LogP contribution in [0, 0.1) is 0 Å². The van der Waals surface area contributed by atoms with Crippen molar-refractivity contribution in [1.29, 1.82) is 0 Å². The number of benzene rings is 1. The Morgan fingerprint density at radius 2 is 1.93 bits per heavy atom. The Hall–Kier alpha value is -3.55. The van der Waals surface area contributed by atoms with Crippen molar-refractivity contribution in [2.75, 3.05) is 0 Å². The van der Waals surface area contributed by atoms with Crippen molar-refractivity contribution >= 4 is 12.0 Å². The number of aromatic nitrogens is 1. The molecule has 146 valence electrons. The van der Waals surface area contributed by atoms with Crippen molar-refractivity contribution in [2.24, 2.45) is 0 Å². The Kier molecular flexibility index (Phi) is 6.11. The molecule has 0 bridgehead atoms. The van der Waals surface area contributed by atoms with Crippen molar-refractivity contribution in [3.05, 3.63) is 65.5 Å². The van der Waals surface area contributed by atoms with Gasteiger partial charge in [-0.3, -0.25) is 0 Å². The maximum atomic E-state index is 12.2. The molecule has 8 nitrogen and oxygen atoms in total. The predicted molar refractivity (Wildman–Crippen MR) is 100 cm³/mol. The quantitative estimate of drug-likeness (QED) is 0.605. The standard InChI is InChI=1S/C20H21N3O5/c1-13(2)22-20(25)21-11-14-5-7-15(8-6-14)19(24)27-12-16-10-18(28-23-16)17-4-3-9-26-17/h3-10,13H,11-12H2,1-2H3,(H2,21,22,25). The number of hydrogen-bond donors (Lipinski definition) is 2. The Bertz CT molecular complexity index is 914. The Balaban J connectivity index is 1.49. The number of ether oxygens (including phenoxy) is 1. The van der Waals surface area contributed by atoms with Gasteiger partial charge in [-0.05, 0) is 43.7 Å². The third-order valence-electron chi connectivity index (χ3n) is 3.74. The Morgan fingerprint density at radius 1 is 1.14 bits per heavy atom. The van der Waals surface area contributed by atoms with E-state index >= 15 is 0 Å². The molecule has 3 rings (SSSR count). The van der Waals surface area contributed by atoms with E-state index in [1.807, 2.05) is 13.8 Å². The molecule has 0 radical (unpaired) electrons. The lowest BCUT2D eigenvalue weighted by molar-refractivity contribution is 0.0464. The number of nitrogens with zero attached hydrogens (tertiary/aromatic N) is 1. The van der Waals surface area contributed by atoms with Gasteiger partial charge < -0.3 is 24.3 Å². The first-order valence-electron chi connectivity index (χ1n) is 8.81. The first-order valence-corrected chi connectivity index (χ1v) is 8.81. The van der Waals surface area contributed by atoms with Gasteiger partial charge in [0.05, 0.1) is 11.8 Å². The minimum atomic E-state index is -0.473. The number of nitrogens with one attached hydrogen (secondary N) is 2. The highest BCUT2D eigenvalue weighted by molar-refractivity contribution is 5.89. The van der Waals surface area contributed by atoms with Gasteiger partial charge in [0, 0.05) is 18.7 Å². The summed E-state index contributed by atoms with van der Waals surface area (Å²) in [5.74, 6) is 0.547. The molecule has 0 saturated heterocycles. The van der Waals surface area contributed by atoms with Crippen LogP contribution in [0.1, 0.15) is 35.5 Å². The number of urea groups is 1. The molecule has 0 spiro atoms. The van der Waals surface area contributed by atoms with Gasteiger partial charge in [-0.2, -0.15) is 0 Å². The number of hydrogen-bond acceptors (Lipinski definition) is 6. The summed E-state index contributed by atoms with van der Waals surface area (Å²) in [5, 5.41) is 9.34. The SMILES string of the molecule is CC(C)NC(=O)NCc1ccc(C(=O)OCc2cc(-c3ccco3)on2)cc1. The summed E-state index contributed by atoms with van der Waals surface area (Å²) in [5.41, 5.74) is 1.76. The second-order valence-corrected chi connectivity index (χ2v) is 6.41. The molecule has 3 aromatic rings. The molecule has 2 aromatic heterocycles. The zero-order valence-corrected chi connectivity index (χ0v) is 15.6. The van der Waals surface area contributed by atoms with E-state index in [1.54, 1.807) is 42.5 Å². The van der Waals surface area contributed by atoms with Crippen LogP contribution in [0.3, 0.4) is 0 Å². The highest BCUT2D eigenvalue weighted by Gasteiger charge is 2.12. The molecular weight excluding hydrogens is 362 g/mol. The van der Waals surface area contributed by atoms with Crippen LogP contribution in [-0.4, -0.2) is 23.2 Å². The third kappa shape index (κ3) is 5.23. The van der Waals surface area contributed by atoms with Gasteiger partial charge in [0.25, 0.3) is 0 Å². The van der Waals surface area contributed by atoms with Crippen LogP contribution < -0.4 is 10.6 Å². The number of rotatable bonds is 7. The van der Waals surface area contributed by atoms with E-state index in [4.69, 9.17) is 13.7 Å². The fraction of sp³-hybridized carbons (Fsp3) is 0.250. The summed E-state index contributed by atoms with van der Waals surface area (Å²) in [7, 11) is 0. The van der Waals surface area contributed by atoms with Gasteiger partial charge >= 0.3 is 12.0 Å². The number of carbonyl (C=O) groups is 2. The molecule has 28 heavy (non-hydrogen) atoms. The fourth-order valence-electron chi connectivity index (χ4n) is 2.39. The van der Waals surface area contributed by atoms with Crippen LogP contribution in [0.25, 0.3) is 11.5 Å². The number of amides is 2. The van der Waals surface area contributed by atoms with Gasteiger partial charge in [0.15, 0.2) is 5.76 Å². The molecule has 0 aliphatic rings. The molecule has 8 heteroatoms. The summed E-state index contributed by atoms with van der Waals surface area (Å²) >= 11 is 0. The van der Waals surface area contributed by atoms with Gasteiger partial charge in [0.2, 0.25) is 5.76 Å². The summed E-state index contributed by atoms with van der Waals surface area (Å²) in [4.78, 5) is 23.8. The average molecular weight is 383 g/mol. The summed E-state index contributed by atoms with van der Waals surface area (Å²) in [6, 6.07) is 11.8. The van der Waals surface area contributed by atoms with Gasteiger partial charge in [-0.15, -0.1) is 0 Å². The normalized spacial score (nSPS) is 10.7. The fourth-order valence-corrected chi connectivity index (χ4v) is 2.39. The van der Waals surface area contributed by atoms with E-state index < -0.39 is 5.97 Å². The molecule has 0 atom stereocenters. The lowest BCUT2D eigenvalue weighted by Crippen LogP contribution is -2.39. The average Bonchev–Trinajstić information content (AvgIpc) is 3.36. The molecule has 1 aromatic carbocycles. The number of furan rings is 1. The van der Waals surface area contributed by atoms with Crippen LogP contribution >= 0.6 is 0 Å².